The summed E-state index contributed by atoms with van der Waals surface area (Å²) >= 11 is 0. The van der Waals surface area contributed by atoms with E-state index >= 15 is 0 Å². The molecule has 0 radical (unpaired) electrons. The predicted octanol–water partition coefficient (Wildman–Crippen LogP) is 0.0413. The monoisotopic (exact) mass is 270 g/mol. The molecular formula is C11H14N2O4S. The van der Waals surface area contributed by atoms with E-state index < -0.39 is 22.0 Å². The molecule has 0 bridgehead atoms. The molecular weight excluding hydrogens is 256 g/mol. The van der Waals surface area contributed by atoms with Crippen LogP contribution in [0.3, 0.4) is 0 Å². The van der Waals surface area contributed by atoms with Crippen molar-refractivity contribution >= 4 is 21.7 Å². The van der Waals surface area contributed by atoms with Gasteiger partial charge in [0.1, 0.15) is 0 Å². The fourth-order valence-corrected chi connectivity index (χ4v) is 2.50. The van der Waals surface area contributed by atoms with Crippen LogP contribution in [0.2, 0.25) is 0 Å². The van der Waals surface area contributed by atoms with Gasteiger partial charge in [-0.25, -0.2) is 8.42 Å². The van der Waals surface area contributed by atoms with Gasteiger partial charge in [0, 0.05) is 5.56 Å². The van der Waals surface area contributed by atoms with Gasteiger partial charge in [-0.05, 0) is 26.0 Å². The fourth-order valence-electron chi connectivity index (χ4n) is 1.24. The second-order valence-corrected chi connectivity index (χ2v) is 5.54. The Kier molecular flexibility index (Phi) is 4.20. The number of nitrogens with two attached hydrogens (primary N) is 1. The van der Waals surface area contributed by atoms with Crippen LogP contribution in [0.25, 0.3) is 0 Å². The lowest BCUT2D eigenvalue weighted by atomic mass is 10.2. The van der Waals surface area contributed by atoms with Gasteiger partial charge in [0.05, 0.1) is 10.9 Å². The number of carbonyl (C=O) groups is 2. The minimum atomic E-state index is -3.86. The Hall–Kier alpha value is -1.73. The maximum absolute atomic E-state index is 11.9. The molecule has 7 heteroatoms. The third-order valence-corrected chi connectivity index (χ3v) is 3.85. The van der Waals surface area contributed by atoms with Crippen LogP contribution in [0.4, 0.5) is 0 Å². The van der Waals surface area contributed by atoms with Crippen LogP contribution < -0.4 is 10.5 Å². The number of carbonyl (C=O) groups excluding carboxylic acids is 2. The summed E-state index contributed by atoms with van der Waals surface area (Å²) in [6.07, 6.45) is 0. The van der Waals surface area contributed by atoms with Gasteiger partial charge >= 0.3 is 0 Å². The number of ketones is 1. The first-order chi connectivity index (χ1) is 8.24. The predicted molar refractivity (Wildman–Crippen MR) is 65.4 cm³/mol. The van der Waals surface area contributed by atoms with Gasteiger partial charge < -0.3 is 5.73 Å². The molecule has 0 spiro atoms. The Bertz CT molecular complexity index is 580. The molecule has 1 rings (SSSR count). The van der Waals surface area contributed by atoms with E-state index in [1.807, 2.05) is 0 Å². The molecule has 0 aliphatic heterocycles. The fraction of sp³-hybridized carbons (Fsp3) is 0.273. The van der Waals surface area contributed by atoms with Gasteiger partial charge in [0.25, 0.3) is 0 Å². The van der Waals surface area contributed by atoms with E-state index in [9.17, 15) is 18.0 Å². The zero-order valence-electron chi connectivity index (χ0n) is 10.0. The van der Waals surface area contributed by atoms with Crippen LogP contribution >= 0.6 is 0 Å². The summed E-state index contributed by atoms with van der Waals surface area (Å²) < 4.78 is 25.9. The number of rotatable bonds is 5. The Morgan fingerprint density at radius 1 is 1.33 bits per heavy atom. The van der Waals surface area contributed by atoms with E-state index in [1.54, 1.807) is 0 Å². The number of benzene rings is 1. The summed E-state index contributed by atoms with van der Waals surface area (Å²) in [7, 11) is -3.86. The highest BCUT2D eigenvalue weighted by molar-refractivity contribution is 7.89. The molecule has 0 heterocycles. The molecule has 0 aliphatic carbocycles. The minimum absolute atomic E-state index is 0.0803. The summed E-state index contributed by atoms with van der Waals surface area (Å²) in [6, 6.07) is 4.54. The van der Waals surface area contributed by atoms with Gasteiger partial charge in [-0.15, -0.1) is 0 Å². The molecule has 0 aromatic heterocycles. The van der Waals surface area contributed by atoms with Crippen LogP contribution in [0.5, 0.6) is 0 Å². The number of nitrogens with one attached hydrogen (secondary N) is 1. The molecule has 1 aromatic carbocycles. The van der Waals surface area contributed by atoms with Gasteiger partial charge in [0.2, 0.25) is 15.9 Å². The van der Waals surface area contributed by atoms with Crippen LogP contribution in [0.1, 0.15) is 24.2 Å². The normalized spacial score (nSPS) is 13.0. The van der Waals surface area contributed by atoms with Crippen molar-refractivity contribution in [2.45, 2.75) is 24.8 Å². The van der Waals surface area contributed by atoms with Gasteiger partial charge in [0.15, 0.2) is 5.78 Å². The lowest BCUT2D eigenvalue weighted by Crippen LogP contribution is -2.42. The molecule has 98 valence electrons. The third kappa shape index (κ3) is 3.38. The summed E-state index contributed by atoms with van der Waals surface area (Å²) in [5, 5.41) is 0. The third-order valence-electron chi connectivity index (χ3n) is 2.31. The number of hydrogen-bond acceptors (Lipinski definition) is 4. The molecule has 18 heavy (non-hydrogen) atoms. The second kappa shape index (κ2) is 5.28. The van der Waals surface area contributed by atoms with Crippen LogP contribution in [0.15, 0.2) is 29.2 Å². The largest absolute Gasteiger partial charge is 0.368 e. The Balaban J connectivity index is 3.09. The van der Waals surface area contributed by atoms with Crippen molar-refractivity contribution in [1.82, 2.24) is 4.72 Å². The summed E-state index contributed by atoms with van der Waals surface area (Å²) in [4.78, 5) is 21.9. The average Bonchev–Trinajstić information content (AvgIpc) is 2.28. The van der Waals surface area contributed by atoms with E-state index in [1.165, 1.54) is 38.1 Å². The van der Waals surface area contributed by atoms with E-state index in [2.05, 4.69) is 4.72 Å². The summed E-state index contributed by atoms with van der Waals surface area (Å²) in [6.45, 7) is 2.68. The summed E-state index contributed by atoms with van der Waals surface area (Å²) in [5.41, 5.74) is 5.26. The highest BCUT2D eigenvalue weighted by Crippen LogP contribution is 2.12. The van der Waals surface area contributed by atoms with E-state index in [0.717, 1.165) is 0 Å². The first kappa shape index (κ1) is 14.3. The first-order valence-corrected chi connectivity index (χ1v) is 6.65. The van der Waals surface area contributed by atoms with Gasteiger partial charge in [-0.2, -0.15) is 4.72 Å². The lowest BCUT2D eigenvalue weighted by Gasteiger charge is -2.11. The Morgan fingerprint density at radius 3 is 2.44 bits per heavy atom. The second-order valence-electron chi connectivity index (χ2n) is 3.83. The number of sulfonamides is 1. The zero-order valence-corrected chi connectivity index (χ0v) is 10.8. The van der Waals surface area contributed by atoms with Crippen LogP contribution in [-0.2, 0) is 14.8 Å². The van der Waals surface area contributed by atoms with Crippen LogP contribution in [-0.4, -0.2) is 26.2 Å². The van der Waals surface area contributed by atoms with Gasteiger partial charge in [-0.1, -0.05) is 12.1 Å². The van der Waals surface area contributed by atoms with Crippen molar-refractivity contribution in [2.24, 2.45) is 5.73 Å². The molecule has 0 aliphatic rings. The molecule has 1 unspecified atom stereocenters. The van der Waals surface area contributed by atoms with Crippen molar-refractivity contribution in [3.8, 4) is 0 Å². The first-order valence-electron chi connectivity index (χ1n) is 5.16. The quantitative estimate of drug-likeness (QED) is 0.737. The van der Waals surface area contributed by atoms with Crippen LogP contribution in [0, 0.1) is 0 Å². The van der Waals surface area contributed by atoms with Crippen molar-refractivity contribution in [1.29, 1.82) is 0 Å². The van der Waals surface area contributed by atoms with E-state index in [0.29, 0.717) is 0 Å². The number of primary amides is 1. The lowest BCUT2D eigenvalue weighted by molar-refractivity contribution is -0.119. The maximum atomic E-state index is 11.9. The van der Waals surface area contributed by atoms with Crippen molar-refractivity contribution < 1.29 is 18.0 Å². The molecule has 1 amide bonds. The topological polar surface area (TPSA) is 106 Å². The number of hydrogen-bond donors (Lipinski definition) is 2. The highest BCUT2D eigenvalue weighted by Gasteiger charge is 2.20. The molecule has 1 aromatic rings. The Morgan fingerprint density at radius 2 is 1.94 bits per heavy atom. The minimum Gasteiger partial charge on any atom is -0.368 e. The van der Waals surface area contributed by atoms with Gasteiger partial charge in [-0.3, -0.25) is 9.59 Å². The molecule has 3 N–H and O–H groups in total. The van der Waals surface area contributed by atoms with Crippen molar-refractivity contribution in [3.63, 3.8) is 0 Å². The average molecular weight is 270 g/mol. The molecule has 0 saturated heterocycles. The SMILES string of the molecule is CC(=O)c1cccc(S(=O)(=O)NC(C)C(N)=O)c1. The Labute approximate surface area is 105 Å². The molecule has 6 nitrogen and oxygen atoms in total. The molecule has 1 atom stereocenters. The standard InChI is InChI=1S/C11H14N2O4S/c1-7(11(12)15)13-18(16,17)10-5-3-4-9(6-10)8(2)14/h3-7,13H,1-2H3,(H2,12,15). The molecule has 0 fully saturated rings. The highest BCUT2D eigenvalue weighted by atomic mass is 32.2. The van der Waals surface area contributed by atoms with E-state index in [-0.39, 0.29) is 16.2 Å². The number of Topliss-reactive ketones (excluding diaryl/α,β-unsaturated/α-hetero) is 1. The summed E-state index contributed by atoms with van der Waals surface area (Å²) in [5.74, 6) is -1.02. The number of amides is 1. The van der Waals surface area contributed by atoms with Crippen molar-refractivity contribution in [3.05, 3.63) is 29.8 Å². The maximum Gasteiger partial charge on any atom is 0.241 e. The zero-order chi connectivity index (χ0) is 13.9. The smallest absolute Gasteiger partial charge is 0.241 e. The molecule has 0 saturated carbocycles. The van der Waals surface area contributed by atoms with E-state index in [4.69, 9.17) is 5.73 Å². The van der Waals surface area contributed by atoms with Crippen molar-refractivity contribution in [2.75, 3.05) is 0 Å².